The molecule has 1 heterocycles. The highest BCUT2D eigenvalue weighted by Crippen LogP contribution is 2.15. The maximum Gasteiger partial charge on any atom is 0.157 e. The van der Waals surface area contributed by atoms with E-state index < -0.39 is 0 Å². The highest BCUT2D eigenvalue weighted by Gasteiger charge is 2.09. The summed E-state index contributed by atoms with van der Waals surface area (Å²) in [6, 6.07) is 0. The predicted octanol–water partition coefficient (Wildman–Crippen LogP) is 2.31. The monoisotopic (exact) mass is 200 g/mol. The van der Waals surface area contributed by atoms with Crippen molar-refractivity contribution in [2.45, 2.75) is 25.3 Å². The van der Waals surface area contributed by atoms with Crippen LogP contribution >= 0.6 is 11.6 Å². The Hall–Kier alpha value is -0.670. The molecule has 3 nitrogen and oxygen atoms in total. The Labute approximate surface area is 83.1 Å². The molecule has 0 radical (unpaired) electrons. The summed E-state index contributed by atoms with van der Waals surface area (Å²) < 4.78 is 5.20. The maximum atomic E-state index is 5.62. The van der Waals surface area contributed by atoms with Gasteiger partial charge < -0.3 is 4.74 Å². The largest absolute Gasteiger partial charge is 0.373 e. The van der Waals surface area contributed by atoms with Crippen LogP contribution in [0.4, 0.5) is 0 Å². The first kappa shape index (κ1) is 10.4. The number of aromatic nitrogens is 2. The second-order valence-corrected chi connectivity index (χ2v) is 2.98. The number of halogens is 1. The van der Waals surface area contributed by atoms with E-state index in [0.29, 0.717) is 5.88 Å². The van der Waals surface area contributed by atoms with Gasteiger partial charge in [-0.3, -0.25) is 0 Å². The van der Waals surface area contributed by atoms with Crippen molar-refractivity contribution in [1.82, 2.24) is 9.97 Å². The van der Waals surface area contributed by atoms with Crippen LogP contribution in [0.5, 0.6) is 0 Å². The van der Waals surface area contributed by atoms with Crippen LogP contribution in [0.1, 0.15) is 30.8 Å². The van der Waals surface area contributed by atoms with Gasteiger partial charge in [-0.1, -0.05) is 6.92 Å². The van der Waals surface area contributed by atoms with Crippen LogP contribution in [-0.2, 0) is 10.6 Å². The Morgan fingerprint density at radius 1 is 1.46 bits per heavy atom. The van der Waals surface area contributed by atoms with Gasteiger partial charge in [-0.05, 0) is 6.42 Å². The lowest BCUT2D eigenvalue weighted by atomic mass is 10.2. The molecule has 1 atom stereocenters. The average Bonchev–Trinajstić information content (AvgIpc) is 2.21. The fraction of sp³-hybridized carbons (Fsp3) is 0.556. The Morgan fingerprint density at radius 3 is 2.46 bits per heavy atom. The number of ether oxygens (including phenoxy) is 1. The van der Waals surface area contributed by atoms with E-state index >= 15 is 0 Å². The summed E-state index contributed by atoms with van der Waals surface area (Å²) >= 11 is 5.62. The molecular weight excluding hydrogens is 188 g/mol. The molecule has 1 rings (SSSR count). The highest BCUT2D eigenvalue weighted by molar-refractivity contribution is 6.17. The summed E-state index contributed by atoms with van der Waals surface area (Å²) in [5, 5.41) is 0. The molecule has 0 aliphatic carbocycles. The molecule has 1 unspecified atom stereocenters. The third kappa shape index (κ3) is 2.64. The third-order valence-electron chi connectivity index (χ3n) is 1.82. The van der Waals surface area contributed by atoms with Crippen molar-refractivity contribution in [1.29, 1.82) is 0 Å². The number of rotatable bonds is 4. The summed E-state index contributed by atoms with van der Waals surface area (Å²) in [5.41, 5.74) is 0.927. The molecule has 4 heteroatoms. The predicted molar refractivity (Wildman–Crippen MR) is 51.6 cm³/mol. The molecule has 0 fully saturated rings. The Kier molecular flexibility index (Phi) is 4.12. The fourth-order valence-corrected chi connectivity index (χ4v) is 1.19. The van der Waals surface area contributed by atoms with Crippen LogP contribution in [0.2, 0.25) is 0 Å². The molecule has 0 aliphatic heterocycles. The second kappa shape index (κ2) is 5.14. The zero-order valence-electron chi connectivity index (χ0n) is 7.83. The van der Waals surface area contributed by atoms with E-state index in [1.54, 1.807) is 19.5 Å². The minimum atomic E-state index is -0.00984. The lowest BCUT2D eigenvalue weighted by Crippen LogP contribution is -2.05. The molecule has 0 bridgehead atoms. The van der Waals surface area contributed by atoms with E-state index in [4.69, 9.17) is 16.3 Å². The van der Waals surface area contributed by atoms with Crippen LogP contribution in [0.15, 0.2) is 12.4 Å². The SMILES string of the molecule is CCC(OC)c1ncc(CCl)cn1. The number of methoxy groups -OCH3 is 1. The van der Waals surface area contributed by atoms with Gasteiger partial charge in [-0.25, -0.2) is 9.97 Å². The van der Waals surface area contributed by atoms with Crippen molar-refractivity contribution in [3.63, 3.8) is 0 Å². The molecule has 0 N–H and O–H groups in total. The number of hydrogen-bond acceptors (Lipinski definition) is 3. The first-order valence-corrected chi connectivity index (χ1v) is 4.74. The van der Waals surface area contributed by atoms with Gasteiger partial charge in [0.05, 0.1) is 5.88 Å². The molecule has 13 heavy (non-hydrogen) atoms. The van der Waals surface area contributed by atoms with Crippen molar-refractivity contribution in [2.75, 3.05) is 7.11 Å². The van der Waals surface area contributed by atoms with Gasteiger partial charge in [0.2, 0.25) is 0 Å². The molecule has 0 spiro atoms. The Bertz CT molecular complexity index is 246. The van der Waals surface area contributed by atoms with E-state index in [1.807, 2.05) is 6.92 Å². The van der Waals surface area contributed by atoms with Gasteiger partial charge in [0, 0.05) is 25.1 Å². The van der Waals surface area contributed by atoms with E-state index in [2.05, 4.69) is 9.97 Å². The van der Waals surface area contributed by atoms with Gasteiger partial charge in [0.1, 0.15) is 6.10 Å². The van der Waals surface area contributed by atoms with Gasteiger partial charge in [-0.15, -0.1) is 11.6 Å². The van der Waals surface area contributed by atoms with Crippen LogP contribution in [0.25, 0.3) is 0 Å². The van der Waals surface area contributed by atoms with Gasteiger partial charge in [0.25, 0.3) is 0 Å². The number of alkyl halides is 1. The van der Waals surface area contributed by atoms with Crippen LogP contribution in [-0.4, -0.2) is 17.1 Å². The fourth-order valence-electron chi connectivity index (χ4n) is 1.05. The van der Waals surface area contributed by atoms with Crippen molar-refractivity contribution >= 4 is 11.6 Å². The van der Waals surface area contributed by atoms with Crippen molar-refractivity contribution in [2.24, 2.45) is 0 Å². The lowest BCUT2D eigenvalue weighted by Gasteiger charge is -2.10. The van der Waals surface area contributed by atoms with Crippen molar-refractivity contribution < 1.29 is 4.74 Å². The van der Waals surface area contributed by atoms with Crippen molar-refractivity contribution in [3.8, 4) is 0 Å². The van der Waals surface area contributed by atoms with Crippen LogP contribution in [0, 0.1) is 0 Å². The number of hydrogen-bond donors (Lipinski definition) is 0. The molecule has 0 aliphatic rings. The summed E-state index contributed by atoms with van der Waals surface area (Å²) in [7, 11) is 1.66. The average molecular weight is 201 g/mol. The topological polar surface area (TPSA) is 35.0 Å². The summed E-state index contributed by atoms with van der Waals surface area (Å²) in [6.45, 7) is 2.03. The first-order valence-electron chi connectivity index (χ1n) is 4.21. The number of nitrogens with zero attached hydrogens (tertiary/aromatic N) is 2. The lowest BCUT2D eigenvalue weighted by molar-refractivity contribution is 0.0925. The van der Waals surface area contributed by atoms with E-state index in [-0.39, 0.29) is 6.10 Å². The van der Waals surface area contributed by atoms with E-state index in [1.165, 1.54) is 0 Å². The standard InChI is InChI=1S/C9H13ClN2O/c1-3-8(13-2)9-11-5-7(4-10)6-12-9/h5-6,8H,3-4H2,1-2H3. The zero-order chi connectivity index (χ0) is 9.68. The molecule has 1 aromatic rings. The minimum absolute atomic E-state index is 0.00984. The molecule has 0 aromatic carbocycles. The van der Waals surface area contributed by atoms with Gasteiger partial charge >= 0.3 is 0 Å². The zero-order valence-corrected chi connectivity index (χ0v) is 8.58. The highest BCUT2D eigenvalue weighted by atomic mass is 35.5. The molecule has 72 valence electrons. The smallest absolute Gasteiger partial charge is 0.157 e. The third-order valence-corrected chi connectivity index (χ3v) is 2.13. The minimum Gasteiger partial charge on any atom is -0.373 e. The second-order valence-electron chi connectivity index (χ2n) is 2.72. The van der Waals surface area contributed by atoms with E-state index in [0.717, 1.165) is 17.8 Å². The van der Waals surface area contributed by atoms with Gasteiger partial charge in [-0.2, -0.15) is 0 Å². The van der Waals surface area contributed by atoms with Gasteiger partial charge in [0.15, 0.2) is 5.82 Å². The Morgan fingerprint density at radius 2 is 2.08 bits per heavy atom. The summed E-state index contributed by atoms with van der Waals surface area (Å²) in [5.74, 6) is 1.17. The summed E-state index contributed by atoms with van der Waals surface area (Å²) in [6.07, 6.45) is 4.33. The quantitative estimate of drug-likeness (QED) is 0.700. The molecule has 1 aromatic heterocycles. The van der Waals surface area contributed by atoms with E-state index in [9.17, 15) is 0 Å². The molecule has 0 saturated carbocycles. The molecule has 0 amide bonds. The van der Waals surface area contributed by atoms with Crippen LogP contribution in [0.3, 0.4) is 0 Å². The maximum absolute atomic E-state index is 5.62. The van der Waals surface area contributed by atoms with Crippen LogP contribution < -0.4 is 0 Å². The molecule has 0 saturated heterocycles. The normalized spacial score (nSPS) is 12.8. The first-order chi connectivity index (χ1) is 6.31. The summed E-state index contributed by atoms with van der Waals surface area (Å²) in [4.78, 5) is 8.34. The van der Waals surface area contributed by atoms with Crippen molar-refractivity contribution in [3.05, 3.63) is 23.8 Å². The molecular formula is C9H13ClN2O. The Balaban J connectivity index is 2.78.